The van der Waals surface area contributed by atoms with Crippen molar-refractivity contribution in [1.82, 2.24) is 9.13 Å². The van der Waals surface area contributed by atoms with Crippen LogP contribution >= 0.6 is 0 Å². The van der Waals surface area contributed by atoms with E-state index < -0.39 is 12.1 Å². The molecular formula is C21H24N2O5. The first-order valence-corrected chi connectivity index (χ1v) is 9.31. The topological polar surface area (TPSA) is 82.7 Å². The smallest absolute Gasteiger partial charge is 0.338 e. The van der Waals surface area contributed by atoms with Gasteiger partial charge in [0.25, 0.3) is 0 Å². The van der Waals surface area contributed by atoms with Crippen LogP contribution in [0.5, 0.6) is 5.75 Å². The number of fused-ring (bicyclic) bond motifs is 1. The molecule has 0 fully saturated rings. The predicted molar refractivity (Wildman–Crippen MR) is 106 cm³/mol. The number of aliphatic hydroxyl groups excluding tert-OH is 1. The zero-order valence-corrected chi connectivity index (χ0v) is 16.0. The molecule has 1 N–H and O–H groups in total. The Labute approximate surface area is 162 Å². The molecule has 28 heavy (non-hydrogen) atoms. The highest BCUT2D eigenvalue weighted by molar-refractivity contribution is 5.93. The molecule has 0 aliphatic rings. The molecule has 1 heterocycles. The third-order valence-electron chi connectivity index (χ3n) is 4.43. The highest BCUT2D eigenvalue weighted by Crippen LogP contribution is 2.17. The molecule has 3 rings (SSSR count). The third-order valence-corrected chi connectivity index (χ3v) is 4.43. The lowest BCUT2D eigenvalue weighted by Gasteiger charge is -2.13. The van der Waals surface area contributed by atoms with Crippen molar-refractivity contribution in [3.05, 3.63) is 64.6 Å². The number of para-hydroxylation sites is 1. The molecule has 0 aliphatic carbocycles. The fourth-order valence-electron chi connectivity index (χ4n) is 3.12. The summed E-state index contributed by atoms with van der Waals surface area (Å²) in [5.74, 6) is 0.204. The van der Waals surface area contributed by atoms with E-state index in [1.54, 1.807) is 41.8 Å². The fourth-order valence-corrected chi connectivity index (χ4v) is 3.12. The van der Waals surface area contributed by atoms with E-state index in [0.717, 1.165) is 0 Å². The molecule has 7 heteroatoms. The van der Waals surface area contributed by atoms with Gasteiger partial charge in [0.1, 0.15) is 18.5 Å². The second-order valence-corrected chi connectivity index (χ2v) is 6.34. The first kappa shape index (κ1) is 19.7. The van der Waals surface area contributed by atoms with Gasteiger partial charge in [0.05, 0.1) is 29.7 Å². The number of hydrogen-bond donors (Lipinski definition) is 1. The van der Waals surface area contributed by atoms with Gasteiger partial charge >= 0.3 is 11.7 Å². The van der Waals surface area contributed by atoms with E-state index in [9.17, 15) is 14.7 Å². The van der Waals surface area contributed by atoms with Crippen LogP contribution in [0, 0.1) is 0 Å². The van der Waals surface area contributed by atoms with Crippen LogP contribution in [-0.4, -0.2) is 39.5 Å². The van der Waals surface area contributed by atoms with E-state index in [1.165, 1.54) is 4.57 Å². The van der Waals surface area contributed by atoms with Crippen LogP contribution in [0.4, 0.5) is 0 Å². The zero-order chi connectivity index (χ0) is 20.1. The SMILES string of the molecule is CCOC(=O)c1ccc2c(c1)n(CC(O)COc1ccccc1)c(=O)n2CC. The molecule has 1 atom stereocenters. The number of aliphatic hydroxyl groups is 1. The number of ether oxygens (including phenoxy) is 2. The second-order valence-electron chi connectivity index (χ2n) is 6.34. The molecule has 0 radical (unpaired) electrons. The maximum atomic E-state index is 12.8. The van der Waals surface area contributed by atoms with Crippen LogP contribution in [0.1, 0.15) is 24.2 Å². The van der Waals surface area contributed by atoms with Gasteiger partial charge in [-0.1, -0.05) is 18.2 Å². The molecule has 0 aliphatic heterocycles. The molecule has 3 aromatic rings. The summed E-state index contributed by atoms with van der Waals surface area (Å²) in [4.78, 5) is 24.9. The van der Waals surface area contributed by atoms with Crippen molar-refractivity contribution in [1.29, 1.82) is 0 Å². The van der Waals surface area contributed by atoms with Crippen molar-refractivity contribution in [2.45, 2.75) is 33.0 Å². The predicted octanol–water partition coefficient (Wildman–Crippen LogP) is 2.44. The summed E-state index contributed by atoms with van der Waals surface area (Å²) < 4.78 is 13.7. The minimum atomic E-state index is -0.889. The Balaban J connectivity index is 1.87. The number of benzene rings is 2. The van der Waals surface area contributed by atoms with Crippen molar-refractivity contribution in [3.8, 4) is 5.75 Å². The lowest BCUT2D eigenvalue weighted by Crippen LogP contribution is -2.31. The van der Waals surface area contributed by atoms with Crippen molar-refractivity contribution in [2.24, 2.45) is 0 Å². The number of aryl methyl sites for hydroxylation is 1. The summed E-state index contributed by atoms with van der Waals surface area (Å²) in [6.07, 6.45) is -0.889. The largest absolute Gasteiger partial charge is 0.491 e. The Bertz CT molecular complexity index is 1010. The highest BCUT2D eigenvalue weighted by atomic mass is 16.5. The number of hydrogen-bond acceptors (Lipinski definition) is 5. The summed E-state index contributed by atoms with van der Waals surface area (Å²) in [7, 11) is 0. The monoisotopic (exact) mass is 384 g/mol. The van der Waals surface area contributed by atoms with Crippen LogP contribution in [0.15, 0.2) is 53.3 Å². The van der Waals surface area contributed by atoms with Gasteiger partial charge in [-0.2, -0.15) is 0 Å². The van der Waals surface area contributed by atoms with Gasteiger partial charge in [-0.15, -0.1) is 0 Å². The van der Waals surface area contributed by atoms with E-state index in [1.807, 2.05) is 25.1 Å². The van der Waals surface area contributed by atoms with Gasteiger partial charge in [-0.3, -0.25) is 9.13 Å². The Morgan fingerprint density at radius 1 is 1.07 bits per heavy atom. The molecule has 1 unspecified atom stereocenters. The minimum absolute atomic E-state index is 0.0484. The molecule has 0 amide bonds. The Hall–Kier alpha value is -3.06. The Morgan fingerprint density at radius 3 is 2.50 bits per heavy atom. The number of aromatic nitrogens is 2. The van der Waals surface area contributed by atoms with Gasteiger partial charge in [-0.25, -0.2) is 9.59 Å². The van der Waals surface area contributed by atoms with Gasteiger partial charge < -0.3 is 14.6 Å². The quantitative estimate of drug-likeness (QED) is 0.603. The van der Waals surface area contributed by atoms with E-state index in [-0.39, 0.29) is 25.4 Å². The molecule has 0 spiro atoms. The number of imidazole rings is 1. The number of rotatable bonds is 8. The van der Waals surface area contributed by atoms with Crippen LogP contribution in [0.2, 0.25) is 0 Å². The average molecular weight is 384 g/mol. The molecule has 0 bridgehead atoms. The third kappa shape index (κ3) is 4.09. The number of carbonyl (C=O) groups is 1. The van der Waals surface area contributed by atoms with Crippen LogP contribution in [0.25, 0.3) is 11.0 Å². The minimum Gasteiger partial charge on any atom is -0.491 e. The molecule has 1 aromatic heterocycles. The zero-order valence-electron chi connectivity index (χ0n) is 16.0. The molecule has 0 saturated heterocycles. The summed E-state index contributed by atoms with van der Waals surface area (Å²) in [5, 5.41) is 10.4. The van der Waals surface area contributed by atoms with Crippen LogP contribution in [0.3, 0.4) is 0 Å². The Kier molecular flexibility index (Phi) is 6.16. The average Bonchev–Trinajstić information content (AvgIpc) is 2.97. The van der Waals surface area contributed by atoms with Gasteiger partial charge in [0.15, 0.2) is 0 Å². The van der Waals surface area contributed by atoms with Gasteiger partial charge in [-0.05, 0) is 44.2 Å². The van der Waals surface area contributed by atoms with E-state index in [4.69, 9.17) is 9.47 Å². The van der Waals surface area contributed by atoms with Crippen molar-refractivity contribution in [2.75, 3.05) is 13.2 Å². The van der Waals surface area contributed by atoms with Crippen LogP contribution in [-0.2, 0) is 17.8 Å². The first-order valence-electron chi connectivity index (χ1n) is 9.31. The van der Waals surface area contributed by atoms with E-state index in [0.29, 0.717) is 28.9 Å². The summed E-state index contributed by atoms with van der Waals surface area (Å²) in [6, 6.07) is 14.2. The maximum Gasteiger partial charge on any atom is 0.338 e. The normalized spacial score (nSPS) is 12.1. The molecule has 0 saturated carbocycles. The van der Waals surface area contributed by atoms with Crippen molar-refractivity contribution >= 4 is 17.0 Å². The fraction of sp³-hybridized carbons (Fsp3) is 0.333. The maximum absolute atomic E-state index is 12.8. The van der Waals surface area contributed by atoms with Crippen molar-refractivity contribution < 1.29 is 19.4 Å². The molecule has 2 aromatic carbocycles. The molecule has 148 valence electrons. The van der Waals surface area contributed by atoms with Crippen LogP contribution < -0.4 is 10.4 Å². The molecule has 7 nitrogen and oxygen atoms in total. The van der Waals surface area contributed by atoms with E-state index in [2.05, 4.69) is 0 Å². The van der Waals surface area contributed by atoms with E-state index >= 15 is 0 Å². The summed E-state index contributed by atoms with van der Waals surface area (Å²) in [6.45, 7) is 4.48. The highest BCUT2D eigenvalue weighted by Gasteiger charge is 2.18. The number of nitrogens with zero attached hydrogens (tertiary/aromatic N) is 2. The lowest BCUT2D eigenvalue weighted by atomic mass is 10.2. The lowest BCUT2D eigenvalue weighted by molar-refractivity contribution is 0.0526. The molecular weight excluding hydrogens is 360 g/mol. The van der Waals surface area contributed by atoms with Gasteiger partial charge in [0.2, 0.25) is 0 Å². The van der Waals surface area contributed by atoms with Crippen molar-refractivity contribution in [3.63, 3.8) is 0 Å². The van der Waals surface area contributed by atoms with Gasteiger partial charge in [0, 0.05) is 6.54 Å². The number of carbonyl (C=O) groups excluding carboxylic acids is 1. The second kappa shape index (κ2) is 8.75. The Morgan fingerprint density at radius 2 is 1.82 bits per heavy atom. The number of esters is 1. The summed E-state index contributed by atoms with van der Waals surface area (Å²) >= 11 is 0. The standard InChI is InChI=1S/C21H24N2O5/c1-3-22-18-11-10-15(20(25)27-4-2)12-19(18)23(21(22)26)13-16(24)14-28-17-8-6-5-7-9-17/h5-12,16,24H,3-4,13-14H2,1-2H3. The first-order chi connectivity index (χ1) is 13.5. The summed E-state index contributed by atoms with van der Waals surface area (Å²) in [5.41, 5.74) is 1.41.